The molecule has 2 N–H and O–H groups in total. The van der Waals surface area contributed by atoms with Crippen LogP contribution in [-0.4, -0.2) is 49.1 Å². The van der Waals surface area contributed by atoms with Crippen molar-refractivity contribution in [1.82, 2.24) is 9.88 Å². The number of piperidine rings is 1. The van der Waals surface area contributed by atoms with Gasteiger partial charge in [-0.15, -0.1) is 0 Å². The largest absolute Gasteiger partial charge is 0.488 e. The van der Waals surface area contributed by atoms with Gasteiger partial charge in [0.25, 0.3) is 15.9 Å². The zero-order valence-corrected chi connectivity index (χ0v) is 18.4. The fourth-order valence-corrected chi connectivity index (χ4v) is 4.86. The van der Waals surface area contributed by atoms with E-state index in [1.807, 2.05) is 12.2 Å². The van der Waals surface area contributed by atoms with E-state index in [1.165, 1.54) is 0 Å². The van der Waals surface area contributed by atoms with Crippen LogP contribution in [0.5, 0.6) is 5.75 Å². The Kier molecular flexibility index (Phi) is 6.54. The first kappa shape index (κ1) is 22.7. The first-order chi connectivity index (χ1) is 14.0. The van der Waals surface area contributed by atoms with Crippen LogP contribution in [0.2, 0.25) is 5.02 Å². The summed E-state index contributed by atoms with van der Waals surface area (Å²) in [7, 11) is -4.19. The van der Waals surface area contributed by atoms with Crippen LogP contribution in [0.25, 0.3) is 0 Å². The molecule has 0 spiro atoms. The van der Waals surface area contributed by atoms with Crippen LogP contribution in [0.4, 0.5) is 4.39 Å². The van der Waals surface area contributed by atoms with Crippen LogP contribution in [0.1, 0.15) is 43.5 Å². The third-order valence-electron chi connectivity index (χ3n) is 5.31. The second-order valence-electron chi connectivity index (χ2n) is 7.82. The topological polar surface area (TPSA) is 103 Å². The molecule has 1 aliphatic heterocycles. The van der Waals surface area contributed by atoms with Gasteiger partial charge >= 0.3 is 0 Å². The van der Waals surface area contributed by atoms with E-state index in [-0.39, 0.29) is 28.4 Å². The van der Waals surface area contributed by atoms with Gasteiger partial charge < -0.3 is 9.64 Å². The smallest absolute Gasteiger partial charge is 0.259 e. The van der Waals surface area contributed by atoms with Gasteiger partial charge in [-0.3, -0.25) is 4.79 Å². The van der Waals surface area contributed by atoms with Crippen LogP contribution >= 0.6 is 11.6 Å². The zero-order chi connectivity index (χ0) is 22.1. The van der Waals surface area contributed by atoms with E-state index in [0.29, 0.717) is 32.4 Å². The highest BCUT2D eigenvalue weighted by atomic mass is 35.5. The summed E-state index contributed by atoms with van der Waals surface area (Å²) in [6, 6.07) is 0. The van der Waals surface area contributed by atoms with Crippen molar-refractivity contribution in [1.29, 1.82) is 0 Å². The number of carbonyl (C=O) groups is 1. The van der Waals surface area contributed by atoms with Crippen LogP contribution in [0, 0.1) is 5.92 Å². The number of pyridine rings is 1. The normalized spacial score (nSPS) is 22.5. The van der Waals surface area contributed by atoms with E-state index in [4.69, 9.17) is 21.5 Å². The second kappa shape index (κ2) is 8.64. The minimum atomic E-state index is -4.19. The standard InChI is InChI=1S/C20H25ClFN3O4S/c1-13(2)29-17-15(12-24-18(16(17)21)30(23,27)28)19(26)25-10-6-14(7-11-25)20(22)8-4-3-5-9-20/h3-5,8,12-14H,6-7,9-11H2,1-2H3,(H2,23,27,28). The number of likely N-dealkylation sites (tertiary alicyclic amines) is 1. The minimum absolute atomic E-state index is 0.0509. The number of nitrogens with zero attached hydrogens (tertiary/aromatic N) is 2. The molecule has 3 rings (SSSR count). The maximum Gasteiger partial charge on any atom is 0.259 e. The second-order valence-corrected chi connectivity index (χ2v) is 9.67. The summed E-state index contributed by atoms with van der Waals surface area (Å²) in [5.41, 5.74) is -1.34. The average molecular weight is 458 g/mol. The number of hydrogen-bond acceptors (Lipinski definition) is 5. The molecule has 1 aromatic rings. The van der Waals surface area contributed by atoms with Gasteiger partial charge in [0, 0.05) is 31.6 Å². The molecule has 7 nitrogen and oxygen atoms in total. The number of carbonyl (C=O) groups excluding carboxylic acids is 1. The number of rotatable bonds is 5. The Bertz CT molecular complexity index is 988. The molecule has 164 valence electrons. The number of halogens is 2. The third-order valence-corrected chi connectivity index (χ3v) is 6.62. The van der Waals surface area contributed by atoms with Crippen molar-refractivity contribution >= 4 is 27.5 Å². The Labute approximate surface area is 180 Å². The maximum absolute atomic E-state index is 15.2. The summed E-state index contributed by atoms with van der Waals surface area (Å²) in [6.07, 6.45) is 9.06. The quantitative estimate of drug-likeness (QED) is 0.731. The van der Waals surface area contributed by atoms with E-state index in [2.05, 4.69) is 4.98 Å². The third kappa shape index (κ3) is 4.68. The lowest BCUT2D eigenvalue weighted by Crippen LogP contribution is -2.44. The molecule has 0 bridgehead atoms. The number of allylic oxidation sites excluding steroid dienone is 4. The number of nitrogens with two attached hydrogens (primary N) is 1. The molecule has 2 heterocycles. The highest BCUT2D eigenvalue weighted by Crippen LogP contribution is 2.39. The van der Waals surface area contributed by atoms with Crippen molar-refractivity contribution < 1.29 is 22.3 Å². The fourth-order valence-electron chi connectivity index (χ4n) is 3.80. The van der Waals surface area contributed by atoms with Gasteiger partial charge in [0.1, 0.15) is 16.3 Å². The van der Waals surface area contributed by atoms with E-state index in [0.717, 1.165) is 6.20 Å². The lowest BCUT2D eigenvalue weighted by atomic mass is 9.78. The highest BCUT2D eigenvalue weighted by molar-refractivity contribution is 7.89. The molecule has 0 aromatic carbocycles. The minimum Gasteiger partial charge on any atom is -0.488 e. The van der Waals surface area contributed by atoms with Gasteiger partial charge in [-0.05, 0) is 32.8 Å². The van der Waals surface area contributed by atoms with Crippen molar-refractivity contribution in [2.75, 3.05) is 13.1 Å². The lowest BCUT2D eigenvalue weighted by molar-refractivity contribution is 0.0506. The number of sulfonamides is 1. The number of hydrogen-bond donors (Lipinski definition) is 1. The summed E-state index contributed by atoms with van der Waals surface area (Å²) in [6.45, 7) is 4.17. The van der Waals surface area contributed by atoms with Crippen molar-refractivity contribution in [3.8, 4) is 5.75 Å². The summed E-state index contributed by atoms with van der Waals surface area (Å²) < 4.78 is 44.3. The van der Waals surface area contributed by atoms with E-state index in [1.54, 1.807) is 30.9 Å². The average Bonchev–Trinajstić information content (AvgIpc) is 2.68. The van der Waals surface area contributed by atoms with Crippen molar-refractivity contribution in [2.45, 2.75) is 49.9 Å². The van der Waals surface area contributed by atoms with Crippen LogP contribution < -0.4 is 9.88 Å². The van der Waals surface area contributed by atoms with Gasteiger partial charge in [-0.25, -0.2) is 22.9 Å². The van der Waals surface area contributed by atoms with Crippen LogP contribution in [0.3, 0.4) is 0 Å². The van der Waals surface area contributed by atoms with Gasteiger partial charge in [0.2, 0.25) is 0 Å². The SMILES string of the molecule is CC(C)Oc1c(C(=O)N2CCC(C3(F)C=CC=CC3)CC2)cnc(S(N)(=O)=O)c1Cl. The molecule has 2 aliphatic rings. The molecule has 10 heteroatoms. The molecule has 1 saturated heterocycles. The molecule has 1 aliphatic carbocycles. The van der Waals surface area contributed by atoms with Gasteiger partial charge in [-0.1, -0.05) is 29.8 Å². The van der Waals surface area contributed by atoms with Crippen LogP contribution in [-0.2, 0) is 10.0 Å². The van der Waals surface area contributed by atoms with E-state index < -0.39 is 26.6 Å². The Morgan fingerprint density at radius 2 is 2.03 bits per heavy atom. The highest BCUT2D eigenvalue weighted by Gasteiger charge is 2.39. The Morgan fingerprint density at radius 1 is 1.37 bits per heavy atom. The molecular weight excluding hydrogens is 433 g/mol. The van der Waals surface area contributed by atoms with E-state index in [9.17, 15) is 13.2 Å². The fraction of sp³-hybridized carbons (Fsp3) is 0.500. The number of amides is 1. The van der Waals surface area contributed by atoms with Gasteiger partial charge in [0.15, 0.2) is 10.8 Å². The summed E-state index contributed by atoms with van der Waals surface area (Å²) >= 11 is 6.19. The summed E-state index contributed by atoms with van der Waals surface area (Å²) in [5.74, 6) is -0.646. The monoisotopic (exact) mass is 457 g/mol. The van der Waals surface area contributed by atoms with Crippen molar-refractivity contribution in [3.05, 3.63) is 41.1 Å². The first-order valence-electron chi connectivity index (χ1n) is 9.73. The van der Waals surface area contributed by atoms with Gasteiger partial charge in [-0.2, -0.15) is 0 Å². The molecule has 1 atom stereocenters. The summed E-state index contributed by atoms with van der Waals surface area (Å²) in [5, 5.41) is 4.28. The predicted octanol–water partition coefficient (Wildman–Crippen LogP) is 3.25. The lowest BCUT2D eigenvalue weighted by Gasteiger charge is -2.39. The Balaban J connectivity index is 1.82. The molecule has 30 heavy (non-hydrogen) atoms. The molecule has 1 amide bonds. The molecule has 0 saturated carbocycles. The summed E-state index contributed by atoms with van der Waals surface area (Å²) in [4.78, 5) is 18.5. The van der Waals surface area contributed by atoms with E-state index >= 15 is 4.39 Å². The zero-order valence-electron chi connectivity index (χ0n) is 16.8. The number of ether oxygens (including phenoxy) is 1. The van der Waals surface area contributed by atoms with Crippen molar-refractivity contribution in [2.24, 2.45) is 11.1 Å². The molecule has 0 radical (unpaired) electrons. The predicted molar refractivity (Wildman–Crippen MR) is 112 cm³/mol. The first-order valence-corrected chi connectivity index (χ1v) is 11.7. The van der Waals surface area contributed by atoms with Crippen molar-refractivity contribution in [3.63, 3.8) is 0 Å². The van der Waals surface area contributed by atoms with Gasteiger partial charge in [0.05, 0.1) is 6.10 Å². The molecule has 1 aromatic heterocycles. The Morgan fingerprint density at radius 3 is 2.57 bits per heavy atom. The number of alkyl halides is 1. The molecule has 1 unspecified atom stereocenters. The van der Waals surface area contributed by atoms with Crippen LogP contribution in [0.15, 0.2) is 35.5 Å². The Hall–Kier alpha value is -1.97. The number of primary sulfonamides is 1. The number of aromatic nitrogens is 1. The molecule has 1 fully saturated rings. The molecular formula is C20H25ClFN3O4S. The maximum atomic E-state index is 15.2.